The molecule has 2 rings (SSSR count). The molecule has 1 atom stereocenters. The first kappa shape index (κ1) is 12.1. The van der Waals surface area contributed by atoms with Crippen LogP contribution >= 0.6 is 15.9 Å². The van der Waals surface area contributed by atoms with E-state index in [1.807, 2.05) is 19.1 Å². The summed E-state index contributed by atoms with van der Waals surface area (Å²) in [7, 11) is 0. The molecular weight excluding hydrogens is 264 g/mol. The van der Waals surface area contributed by atoms with E-state index < -0.39 is 5.60 Å². The Hall–Kier alpha value is -0.340. The molecule has 0 heterocycles. The lowest BCUT2D eigenvalue weighted by molar-refractivity contribution is 0.0476. The van der Waals surface area contributed by atoms with E-state index >= 15 is 0 Å². The van der Waals surface area contributed by atoms with Gasteiger partial charge in [-0.05, 0) is 43.4 Å². The van der Waals surface area contributed by atoms with Gasteiger partial charge >= 0.3 is 0 Å². The number of halogens is 1. The molecule has 88 valence electrons. The van der Waals surface area contributed by atoms with E-state index in [9.17, 15) is 5.11 Å². The Balaban J connectivity index is 1.87. The second-order valence-corrected chi connectivity index (χ2v) is 6.20. The highest BCUT2D eigenvalue weighted by atomic mass is 79.9. The van der Waals surface area contributed by atoms with E-state index in [2.05, 4.69) is 28.1 Å². The van der Waals surface area contributed by atoms with Crippen LogP contribution in [0.1, 0.15) is 38.2 Å². The zero-order chi connectivity index (χ0) is 11.6. The summed E-state index contributed by atoms with van der Waals surface area (Å²) in [6.45, 7) is 1.96. The van der Waals surface area contributed by atoms with Crippen LogP contribution < -0.4 is 0 Å². The lowest BCUT2D eigenvalue weighted by Gasteiger charge is -2.23. The third kappa shape index (κ3) is 3.91. The molecule has 1 aliphatic carbocycles. The normalized spacial score (nSPS) is 19.4. The number of aliphatic hydroxyl groups is 1. The summed E-state index contributed by atoms with van der Waals surface area (Å²) in [4.78, 5) is 0. The quantitative estimate of drug-likeness (QED) is 0.868. The average Bonchev–Trinajstić information content (AvgIpc) is 3.02. The minimum atomic E-state index is -0.545. The van der Waals surface area contributed by atoms with Crippen LogP contribution in [0.2, 0.25) is 0 Å². The lowest BCUT2D eigenvalue weighted by atomic mass is 9.91. The van der Waals surface area contributed by atoms with Crippen LogP contribution in [0.4, 0.5) is 0 Å². The summed E-state index contributed by atoms with van der Waals surface area (Å²) in [6, 6.07) is 8.23. The Kier molecular flexibility index (Phi) is 3.70. The van der Waals surface area contributed by atoms with E-state index in [0.29, 0.717) is 0 Å². The molecule has 0 saturated heterocycles. The smallest absolute Gasteiger partial charge is 0.0660 e. The molecule has 1 N–H and O–H groups in total. The Bertz CT molecular complexity index is 338. The Morgan fingerprint density at radius 1 is 1.31 bits per heavy atom. The first-order chi connectivity index (χ1) is 7.55. The molecule has 1 fully saturated rings. The van der Waals surface area contributed by atoms with E-state index in [-0.39, 0.29) is 0 Å². The van der Waals surface area contributed by atoms with Gasteiger partial charge in [0, 0.05) is 10.9 Å². The fourth-order valence-corrected chi connectivity index (χ4v) is 2.32. The van der Waals surface area contributed by atoms with Gasteiger partial charge in [0.1, 0.15) is 0 Å². The third-order valence-electron chi connectivity index (χ3n) is 3.29. The summed E-state index contributed by atoms with van der Waals surface area (Å²) in [6.07, 6.45) is 5.60. The summed E-state index contributed by atoms with van der Waals surface area (Å²) in [5.41, 5.74) is 0.667. The van der Waals surface area contributed by atoms with Gasteiger partial charge in [-0.25, -0.2) is 0 Å². The summed E-state index contributed by atoms with van der Waals surface area (Å²) >= 11 is 3.42. The van der Waals surface area contributed by atoms with Crippen LogP contribution in [0.15, 0.2) is 28.7 Å². The topological polar surface area (TPSA) is 20.2 Å². The Morgan fingerprint density at radius 2 is 1.94 bits per heavy atom. The van der Waals surface area contributed by atoms with Gasteiger partial charge in [0.15, 0.2) is 0 Å². The molecule has 0 bridgehead atoms. The standard InChI is InChI=1S/C14H19BrO/c1-14(16,9-8-11-2-3-11)10-12-4-6-13(15)7-5-12/h4-7,11,16H,2-3,8-10H2,1H3. The average molecular weight is 283 g/mol. The van der Waals surface area contributed by atoms with Crippen LogP contribution in [-0.2, 0) is 6.42 Å². The van der Waals surface area contributed by atoms with Crippen molar-refractivity contribution in [1.82, 2.24) is 0 Å². The van der Waals surface area contributed by atoms with Crippen LogP contribution in [0.5, 0.6) is 0 Å². The van der Waals surface area contributed by atoms with Gasteiger partial charge in [0.25, 0.3) is 0 Å². The highest BCUT2D eigenvalue weighted by molar-refractivity contribution is 9.10. The van der Waals surface area contributed by atoms with Crippen molar-refractivity contribution in [2.24, 2.45) is 5.92 Å². The molecular formula is C14H19BrO. The van der Waals surface area contributed by atoms with Crippen molar-refractivity contribution in [3.8, 4) is 0 Å². The van der Waals surface area contributed by atoms with Gasteiger partial charge in [-0.15, -0.1) is 0 Å². The van der Waals surface area contributed by atoms with E-state index in [1.54, 1.807) is 0 Å². The van der Waals surface area contributed by atoms with Crippen molar-refractivity contribution in [3.05, 3.63) is 34.3 Å². The molecule has 0 amide bonds. The van der Waals surface area contributed by atoms with Crippen LogP contribution in [0, 0.1) is 5.92 Å². The molecule has 2 heteroatoms. The van der Waals surface area contributed by atoms with Gasteiger partial charge in [-0.1, -0.05) is 40.9 Å². The summed E-state index contributed by atoms with van der Waals surface area (Å²) < 4.78 is 1.09. The van der Waals surface area contributed by atoms with Gasteiger partial charge in [0.2, 0.25) is 0 Å². The monoisotopic (exact) mass is 282 g/mol. The highest BCUT2D eigenvalue weighted by Gasteiger charge is 2.27. The van der Waals surface area contributed by atoms with Crippen LogP contribution in [0.25, 0.3) is 0 Å². The molecule has 16 heavy (non-hydrogen) atoms. The Labute approximate surface area is 106 Å². The molecule has 0 aromatic heterocycles. The summed E-state index contributed by atoms with van der Waals surface area (Å²) in [5, 5.41) is 10.3. The molecule has 0 aliphatic heterocycles. The highest BCUT2D eigenvalue weighted by Crippen LogP contribution is 2.36. The zero-order valence-electron chi connectivity index (χ0n) is 9.75. The molecule has 1 unspecified atom stereocenters. The number of rotatable bonds is 5. The van der Waals surface area contributed by atoms with Crippen molar-refractivity contribution in [3.63, 3.8) is 0 Å². The second kappa shape index (κ2) is 4.89. The molecule has 0 spiro atoms. The van der Waals surface area contributed by atoms with Gasteiger partial charge in [-0.3, -0.25) is 0 Å². The molecule has 1 nitrogen and oxygen atoms in total. The van der Waals surface area contributed by atoms with Crippen molar-refractivity contribution in [2.45, 2.75) is 44.6 Å². The maximum absolute atomic E-state index is 10.3. The van der Waals surface area contributed by atoms with Crippen molar-refractivity contribution in [2.75, 3.05) is 0 Å². The first-order valence-corrected chi connectivity index (χ1v) is 6.81. The van der Waals surface area contributed by atoms with Crippen molar-refractivity contribution < 1.29 is 5.11 Å². The van der Waals surface area contributed by atoms with Crippen molar-refractivity contribution in [1.29, 1.82) is 0 Å². The van der Waals surface area contributed by atoms with Crippen LogP contribution in [-0.4, -0.2) is 10.7 Å². The minimum absolute atomic E-state index is 0.545. The molecule has 1 saturated carbocycles. The zero-order valence-corrected chi connectivity index (χ0v) is 11.3. The van der Waals surface area contributed by atoms with E-state index in [0.717, 1.165) is 23.2 Å². The fraction of sp³-hybridized carbons (Fsp3) is 0.571. The maximum Gasteiger partial charge on any atom is 0.0660 e. The van der Waals surface area contributed by atoms with Gasteiger partial charge < -0.3 is 5.11 Å². The SMILES string of the molecule is CC(O)(CCC1CC1)Cc1ccc(Br)cc1. The largest absolute Gasteiger partial charge is 0.390 e. The third-order valence-corrected chi connectivity index (χ3v) is 3.81. The second-order valence-electron chi connectivity index (χ2n) is 5.28. The van der Waals surface area contributed by atoms with E-state index in [1.165, 1.54) is 24.8 Å². The van der Waals surface area contributed by atoms with Crippen LogP contribution in [0.3, 0.4) is 0 Å². The Morgan fingerprint density at radius 3 is 2.50 bits per heavy atom. The molecule has 1 aromatic rings. The fourth-order valence-electron chi connectivity index (χ4n) is 2.05. The lowest BCUT2D eigenvalue weighted by Crippen LogP contribution is -2.27. The van der Waals surface area contributed by atoms with Crippen molar-refractivity contribution >= 4 is 15.9 Å². The predicted molar refractivity (Wildman–Crippen MR) is 70.4 cm³/mol. The molecule has 1 aliphatic rings. The number of hydrogen-bond acceptors (Lipinski definition) is 1. The predicted octanol–water partition coefficient (Wildman–Crippen LogP) is 3.93. The number of hydrogen-bond donors (Lipinski definition) is 1. The summed E-state index contributed by atoms with van der Waals surface area (Å²) in [5.74, 6) is 0.899. The minimum Gasteiger partial charge on any atom is -0.390 e. The van der Waals surface area contributed by atoms with Gasteiger partial charge in [-0.2, -0.15) is 0 Å². The number of benzene rings is 1. The van der Waals surface area contributed by atoms with E-state index in [4.69, 9.17) is 0 Å². The molecule has 0 radical (unpaired) electrons. The first-order valence-electron chi connectivity index (χ1n) is 6.02. The van der Waals surface area contributed by atoms with Gasteiger partial charge in [0.05, 0.1) is 5.60 Å². The maximum atomic E-state index is 10.3. The molecule has 1 aromatic carbocycles.